The third-order valence-electron chi connectivity index (χ3n) is 5.36. The second kappa shape index (κ2) is 9.81. The fourth-order valence-electron chi connectivity index (χ4n) is 3.72. The lowest BCUT2D eigenvalue weighted by atomic mass is 9.90. The van der Waals surface area contributed by atoms with E-state index in [0.717, 1.165) is 6.07 Å². The van der Waals surface area contributed by atoms with Crippen molar-refractivity contribution < 1.29 is 41.0 Å². The van der Waals surface area contributed by atoms with Gasteiger partial charge in [0.2, 0.25) is 0 Å². The van der Waals surface area contributed by atoms with Crippen molar-refractivity contribution in [2.24, 2.45) is 0 Å². The Morgan fingerprint density at radius 2 is 1.61 bits per heavy atom. The van der Waals surface area contributed by atoms with E-state index >= 15 is 0 Å². The van der Waals surface area contributed by atoms with Crippen LogP contribution in [0.3, 0.4) is 0 Å². The number of Topliss-reactive ketones (excluding diaryl/α,β-unsaturated/α-hetero) is 1. The van der Waals surface area contributed by atoms with Gasteiger partial charge in [-0.05, 0) is 51.0 Å². The van der Waals surface area contributed by atoms with Gasteiger partial charge in [-0.3, -0.25) is 14.3 Å². The zero-order valence-corrected chi connectivity index (χ0v) is 20.6. The number of rotatable bonds is 7. The first-order valence-corrected chi connectivity index (χ1v) is 12.3. The number of aromatic hydroxyl groups is 1. The first kappa shape index (κ1) is 27.0. The van der Waals surface area contributed by atoms with Crippen LogP contribution in [0, 0.1) is 13.8 Å². The van der Waals surface area contributed by atoms with Crippen LogP contribution in [0.5, 0.6) is 5.75 Å². The fraction of sp³-hybridized carbons (Fsp3) is 0.280. The van der Waals surface area contributed by atoms with Crippen molar-refractivity contribution in [2.75, 3.05) is 4.72 Å². The van der Waals surface area contributed by atoms with Crippen LogP contribution >= 0.6 is 0 Å². The van der Waals surface area contributed by atoms with Crippen molar-refractivity contribution in [3.8, 4) is 5.75 Å². The molecule has 3 aromatic rings. The zero-order valence-electron chi connectivity index (χ0n) is 19.8. The highest BCUT2D eigenvalue weighted by Gasteiger charge is 2.49. The molecule has 2 N–H and O–H groups in total. The van der Waals surface area contributed by atoms with E-state index in [0.29, 0.717) is 11.1 Å². The number of aryl methyl sites for hydroxylation is 2. The molecular weight excluding hydrogens is 499 g/mol. The molecule has 0 unspecified atom stereocenters. The summed E-state index contributed by atoms with van der Waals surface area (Å²) in [6.07, 6.45) is -6.29. The molecule has 1 atom stereocenters. The van der Waals surface area contributed by atoms with Crippen molar-refractivity contribution in [2.45, 2.75) is 50.8 Å². The lowest BCUT2D eigenvalue weighted by molar-refractivity contribution is -0.178. The van der Waals surface area contributed by atoms with Gasteiger partial charge >= 0.3 is 12.1 Å². The number of nitrogens with one attached hydrogen (secondary N) is 1. The number of carbonyl (C=O) groups excluding carboxylic acids is 2. The molecule has 3 aromatic carbocycles. The van der Waals surface area contributed by atoms with Crippen LogP contribution in [0.4, 0.5) is 18.9 Å². The van der Waals surface area contributed by atoms with Crippen LogP contribution in [0.15, 0.2) is 53.4 Å². The van der Waals surface area contributed by atoms with Gasteiger partial charge in [0.05, 0.1) is 16.7 Å². The number of sulfonamides is 1. The molecule has 0 aliphatic heterocycles. The van der Waals surface area contributed by atoms with E-state index < -0.39 is 51.3 Å². The summed E-state index contributed by atoms with van der Waals surface area (Å²) >= 11 is 0. The maximum absolute atomic E-state index is 13.5. The van der Waals surface area contributed by atoms with E-state index in [1.807, 2.05) is 0 Å². The van der Waals surface area contributed by atoms with Gasteiger partial charge in [-0.1, -0.05) is 36.4 Å². The Labute approximate surface area is 205 Å². The number of hydrogen-bond donors (Lipinski definition) is 2. The molecule has 0 aliphatic carbocycles. The Hall–Kier alpha value is -3.60. The first-order valence-electron chi connectivity index (χ1n) is 10.8. The van der Waals surface area contributed by atoms with E-state index in [4.69, 9.17) is 4.74 Å². The number of phenols is 1. The predicted octanol–water partition coefficient (Wildman–Crippen LogP) is 5.13. The number of esters is 1. The highest BCUT2D eigenvalue weighted by atomic mass is 32.2. The molecule has 7 nitrogen and oxygen atoms in total. The number of anilines is 1. The van der Waals surface area contributed by atoms with E-state index in [9.17, 15) is 36.3 Å². The number of alkyl halides is 3. The number of carbonyl (C=O) groups is 2. The van der Waals surface area contributed by atoms with Gasteiger partial charge in [0, 0.05) is 16.3 Å². The van der Waals surface area contributed by atoms with Gasteiger partial charge in [0.25, 0.3) is 15.8 Å². The van der Waals surface area contributed by atoms with Crippen LogP contribution in [-0.4, -0.2) is 37.6 Å². The topological polar surface area (TPSA) is 110 Å². The Morgan fingerprint density at radius 1 is 1.00 bits per heavy atom. The van der Waals surface area contributed by atoms with Crippen molar-refractivity contribution in [1.29, 1.82) is 0 Å². The monoisotopic (exact) mass is 523 g/mol. The van der Waals surface area contributed by atoms with Crippen molar-refractivity contribution in [3.63, 3.8) is 0 Å². The molecule has 0 heterocycles. The van der Waals surface area contributed by atoms with E-state index in [1.165, 1.54) is 44.2 Å². The molecule has 0 saturated carbocycles. The summed E-state index contributed by atoms with van der Waals surface area (Å²) in [5, 5.41) is 10.9. The second-order valence-electron chi connectivity index (χ2n) is 8.56. The Balaban J connectivity index is 2.28. The summed E-state index contributed by atoms with van der Waals surface area (Å²) in [7, 11) is -4.26. The van der Waals surface area contributed by atoms with Gasteiger partial charge in [0.15, 0.2) is 5.92 Å². The Bertz CT molecular complexity index is 1450. The van der Waals surface area contributed by atoms with Gasteiger partial charge in [-0.15, -0.1) is 0 Å². The van der Waals surface area contributed by atoms with Crippen LogP contribution < -0.4 is 4.72 Å². The number of benzene rings is 3. The minimum absolute atomic E-state index is 0.0639. The number of fused-ring (bicyclic) bond motifs is 1. The lowest BCUT2D eigenvalue weighted by Gasteiger charge is -2.22. The van der Waals surface area contributed by atoms with Crippen molar-refractivity contribution >= 4 is 38.2 Å². The van der Waals surface area contributed by atoms with Gasteiger partial charge < -0.3 is 9.84 Å². The molecule has 11 heteroatoms. The Morgan fingerprint density at radius 3 is 2.19 bits per heavy atom. The van der Waals surface area contributed by atoms with Crippen LogP contribution in [0.2, 0.25) is 0 Å². The number of halogens is 3. The first-order chi connectivity index (χ1) is 16.6. The summed E-state index contributed by atoms with van der Waals surface area (Å²) in [6, 6.07) is 11.4. The summed E-state index contributed by atoms with van der Waals surface area (Å²) in [4.78, 5) is 24.9. The van der Waals surface area contributed by atoms with Gasteiger partial charge in [-0.25, -0.2) is 8.42 Å². The molecular formula is C25H24F3NO6S. The molecule has 3 rings (SSSR count). The number of phenolic OH excluding ortho intramolecular Hbond substituents is 1. The molecule has 0 saturated heterocycles. The standard InChI is InChI=1S/C25H24F3NO6S/c1-13(2)35-24(32)21(23(31)25(26,27)28)18-12-19(16-7-5-6-8-17(16)22(18)30)29-36(33,34)20-11-14(3)9-10-15(20)4/h5-13,21,29-30H,1-4H3/t21-/m0/s1. The molecule has 0 bridgehead atoms. The van der Waals surface area contributed by atoms with Crippen LogP contribution in [-0.2, 0) is 24.3 Å². The number of ketones is 1. The molecule has 36 heavy (non-hydrogen) atoms. The minimum atomic E-state index is -5.43. The van der Waals surface area contributed by atoms with Crippen molar-refractivity contribution in [1.82, 2.24) is 0 Å². The van der Waals surface area contributed by atoms with Gasteiger partial charge in [0.1, 0.15) is 5.75 Å². The second-order valence-corrected chi connectivity index (χ2v) is 10.2. The molecule has 0 aliphatic rings. The smallest absolute Gasteiger partial charge is 0.451 e. The predicted molar refractivity (Wildman–Crippen MR) is 127 cm³/mol. The Kier molecular flexibility index (Phi) is 7.35. The molecule has 0 amide bonds. The van der Waals surface area contributed by atoms with Crippen molar-refractivity contribution in [3.05, 3.63) is 65.2 Å². The molecule has 192 valence electrons. The third-order valence-corrected chi connectivity index (χ3v) is 6.87. The number of hydrogen-bond acceptors (Lipinski definition) is 6. The largest absolute Gasteiger partial charge is 0.507 e. The maximum Gasteiger partial charge on any atom is 0.451 e. The van der Waals surface area contributed by atoms with Crippen LogP contribution in [0.25, 0.3) is 10.8 Å². The maximum atomic E-state index is 13.5. The number of ether oxygens (including phenoxy) is 1. The lowest BCUT2D eigenvalue weighted by Crippen LogP contribution is -2.35. The highest BCUT2D eigenvalue weighted by molar-refractivity contribution is 7.92. The zero-order chi connectivity index (χ0) is 27.0. The molecule has 0 radical (unpaired) electrons. The van der Waals surface area contributed by atoms with Crippen LogP contribution in [0.1, 0.15) is 36.5 Å². The van der Waals surface area contributed by atoms with E-state index in [1.54, 1.807) is 26.0 Å². The SMILES string of the molecule is Cc1ccc(C)c(S(=O)(=O)Nc2cc([C@H](C(=O)OC(C)C)C(=O)C(F)(F)F)c(O)c3ccccc23)c1. The average molecular weight is 524 g/mol. The summed E-state index contributed by atoms with van der Waals surface area (Å²) in [5.74, 6) is -7.33. The average Bonchev–Trinajstić information content (AvgIpc) is 2.77. The third kappa shape index (κ3) is 5.46. The molecule has 0 fully saturated rings. The quantitative estimate of drug-likeness (QED) is 0.252. The molecule has 0 aromatic heterocycles. The van der Waals surface area contributed by atoms with Gasteiger partial charge in [-0.2, -0.15) is 13.2 Å². The van der Waals surface area contributed by atoms with E-state index in [2.05, 4.69) is 4.72 Å². The molecule has 0 spiro atoms. The summed E-state index contributed by atoms with van der Waals surface area (Å²) in [5.41, 5.74) is 0.114. The fourth-order valence-corrected chi connectivity index (χ4v) is 5.12. The minimum Gasteiger partial charge on any atom is -0.507 e. The normalized spacial score (nSPS) is 13.0. The highest BCUT2D eigenvalue weighted by Crippen LogP contribution is 2.42. The summed E-state index contributed by atoms with van der Waals surface area (Å²) in [6.45, 7) is 6.04. The summed E-state index contributed by atoms with van der Waals surface area (Å²) < 4.78 is 74.1. The van der Waals surface area contributed by atoms with E-state index in [-0.39, 0.29) is 21.4 Å².